The molecular weight excluding hydrogens is 292 g/mol. The molecule has 9 heteroatoms. The van der Waals surface area contributed by atoms with E-state index in [1.165, 1.54) is 13.8 Å². The molecule has 0 rings (SSSR count). The van der Waals surface area contributed by atoms with Crippen molar-refractivity contribution in [3.63, 3.8) is 0 Å². The maximum absolute atomic E-state index is 11.7. The van der Waals surface area contributed by atoms with Gasteiger partial charge in [0.2, 0.25) is 11.8 Å². The molecule has 2 amide bonds. The van der Waals surface area contributed by atoms with Gasteiger partial charge in [0, 0.05) is 0 Å². The average Bonchev–Trinajstić information content (AvgIpc) is 2.35. The average molecular weight is 315 g/mol. The molecule has 0 aromatic heterocycles. The monoisotopic (exact) mass is 315 g/mol. The van der Waals surface area contributed by atoms with Gasteiger partial charge in [-0.25, -0.2) is 0 Å². The summed E-state index contributed by atoms with van der Waals surface area (Å²) in [6.45, 7) is 4.85. The maximum atomic E-state index is 11.7. The maximum Gasteiger partial charge on any atom is 1.00 e. The smallest absolute Gasteiger partial charge is 1.00 e. The van der Waals surface area contributed by atoms with Crippen molar-refractivity contribution in [2.45, 2.75) is 38.4 Å². The second kappa shape index (κ2) is 11.5. The largest absolute Gasteiger partial charge is 1.00 e. The summed E-state index contributed by atoms with van der Waals surface area (Å²) >= 11 is 0. The first kappa shape index (κ1) is 22.1. The second-order valence-electron chi connectivity index (χ2n) is 4.30. The van der Waals surface area contributed by atoms with Crippen LogP contribution in [0, 0.1) is 0 Å². The number of carbonyl (C=O) groups is 3. The molecule has 0 aliphatic carbocycles. The summed E-state index contributed by atoms with van der Waals surface area (Å²) in [5, 5.41) is 13.4. The Kier molecular flexibility index (Phi) is 12.7. The number of carboxylic acid groups (broad SMARTS) is 1. The van der Waals surface area contributed by atoms with Gasteiger partial charge in [-0.1, -0.05) is 0 Å². The molecule has 0 aromatic rings. The van der Waals surface area contributed by atoms with Gasteiger partial charge in [-0.3, -0.25) is 14.4 Å². The van der Waals surface area contributed by atoms with Crippen LogP contribution in [0.1, 0.15) is 21.7 Å². The van der Waals surface area contributed by atoms with E-state index in [4.69, 9.17) is 10.8 Å². The van der Waals surface area contributed by atoms with Crippen LogP contribution >= 0.6 is 8.58 Å². The zero-order valence-corrected chi connectivity index (χ0v) is 15.4. The van der Waals surface area contributed by atoms with E-state index >= 15 is 0 Å². The Hall–Kier alpha value is -0.200. The molecule has 5 N–H and O–H groups in total. The van der Waals surface area contributed by atoms with Crippen molar-refractivity contribution in [2.75, 3.05) is 12.8 Å². The molecule has 0 saturated heterocycles. The molecular formula is C11H23N3NaO4P. The predicted molar refractivity (Wildman–Crippen MR) is 75.7 cm³/mol. The van der Waals surface area contributed by atoms with Crippen molar-refractivity contribution in [1.82, 2.24) is 10.6 Å². The van der Waals surface area contributed by atoms with Crippen molar-refractivity contribution in [2.24, 2.45) is 5.73 Å². The normalized spacial score (nSPS) is 15.0. The SMILES string of the molecule is CPCCC(N)C(=O)NC(C)C(=O)NC(C)C(=O)O.[H-].[Na+]. The third-order valence-electron chi connectivity index (χ3n) is 2.52. The van der Waals surface area contributed by atoms with Gasteiger partial charge < -0.3 is 22.9 Å². The van der Waals surface area contributed by atoms with Gasteiger partial charge in [0.1, 0.15) is 12.1 Å². The Morgan fingerprint density at radius 2 is 1.70 bits per heavy atom. The number of aliphatic carboxylic acids is 1. The van der Waals surface area contributed by atoms with Crippen LogP contribution in [0.3, 0.4) is 0 Å². The molecule has 0 aromatic carbocycles. The van der Waals surface area contributed by atoms with Gasteiger partial charge in [-0.2, -0.15) is 0 Å². The van der Waals surface area contributed by atoms with Crippen LogP contribution in [0.4, 0.5) is 0 Å². The molecule has 4 atom stereocenters. The molecule has 0 radical (unpaired) electrons. The number of hydrogen-bond donors (Lipinski definition) is 4. The summed E-state index contributed by atoms with van der Waals surface area (Å²) in [6, 6.07) is -2.45. The Bertz CT molecular complexity index is 349. The minimum atomic E-state index is -1.13. The molecule has 112 valence electrons. The van der Waals surface area contributed by atoms with E-state index < -0.39 is 35.9 Å². The van der Waals surface area contributed by atoms with Gasteiger partial charge in [0.25, 0.3) is 0 Å². The number of hydrogen-bond acceptors (Lipinski definition) is 4. The Labute approximate surface area is 144 Å². The summed E-state index contributed by atoms with van der Waals surface area (Å²) < 4.78 is 0. The van der Waals surface area contributed by atoms with Crippen molar-refractivity contribution in [1.29, 1.82) is 0 Å². The van der Waals surface area contributed by atoms with Crippen molar-refractivity contribution in [3.8, 4) is 0 Å². The molecule has 0 heterocycles. The van der Waals surface area contributed by atoms with E-state index in [1.807, 2.05) is 6.66 Å². The third kappa shape index (κ3) is 8.87. The molecule has 0 fully saturated rings. The van der Waals surface area contributed by atoms with Crippen LogP contribution in [0.15, 0.2) is 0 Å². The molecule has 0 saturated carbocycles. The quantitative estimate of drug-likeness (QED) is 0.271. The number of carboxylic acids is 1. The zero-order chi connectivity index (χ0) is 15.0. The van der Waals surface area contributed by atoms with Gasteiger partial charge in [0.05, 0.1) is 6.04 Å². The molecule has 0 spiro atoms. The van der Waals surface area contributed by atoms with Gasteiger partial charge in [-0.05, 0) is 33.1 Å². The third-order valence-corrected chi connectivity index (χ3v) is 3.31. The number of rotatable bonds is 8. The number of amides is 2. The van der Waals surface area contributed by atoms with Gasteiger partial charge in [0.15, 0.2) is 0 Å². The van der Waals surface area contributed by atoms with Crippen LogP contribution < -0.4 is 45.9 Å². The van der Waals surface area contributed by atoms with Crippen molar-refractivity contribution in [3.05, 3.63) is 0 Å². The Morgan fingerprint density at radius 3 is 2.15 bits per heavy atom. The minimum Gasteiger partial charge on any atom is -1.00 e. The number of carbonyl (C=O) groups excluding carboxylic acids is 2. The van der Waals surface area contributed by atoms with Gasteiger partial charge in [-0.15, -0.1) is 8.58 Å². The molecule has 20 heavy (non-hydrogen) atoms. The van der Waals surface area contributed by atoms with E-state index in [1.54, 1.807) is 0 Å². The van der Waals surface area contributed by atoms with E-state index in [9.17, 15) is 14.4 Å². The topological polar surface area (TPSA) is 122 Å². The number of nitrogens with one attached hydrogen (secondary N) is 2. The van der Waals surface area contributed by atoms with Crippen LogP contribution in [-0.4, -0.2) is 53.8 Å². The second-order valence-corrected chi connectivity index (χ2v) is 5.50. The van der Waals surface area contributed by atoms with Crippen LogP contribution in [0.2, 0.25) is 0 Å². The van der Waals surface area contributed by atoms with E-state index in [0.717, 1.165) is 14.7 Å². The fourth-order valence-electron chi connectivity index (χ4n) is 1.22. The van der Waals surface area contributed by atoms with E-state index in [-0.39, 0.29) is 31.0 Å². The first-order valence-corrected chi connectivity index (χ1v) is 7.74. The number of nitrogens with two attached hydrogens (primary N) is 1. The summed E-state index contributed by atoms with van der Waals surface area (Å²) in [6.07, 6.45) is 1.44. The van der Waals surface area contributed by atoms with Crippen LogP contribution in [0.25, 0.3) is 0 Å². The van der Waals surface area contributed by atoms with Gasteiger partial charge >= 0.3 is 35.5 Å². The van der Waals surface area contributed by atoms with Crippen molar-refractivity contribution < 1.29 is 50.5 Å². The molecule has 0 bridgehead atoms. The molecule has 0 aliphatic rings. The Morgan fingerprint density at radius 1 is 1.20 bits per heavy atom. The standard InChI is InChI=1S/C11H22N3O4P.Na.H/c1-6(9(15)14-7(2)11(17)18)13-10(16)8(12)4-5-19-3;;/h6-8,19H,4-5,12H2,1-3H3,(H,13,16)(H,14,15)(H,17,18);;/q;+1;-1. The molecule has 4 unspecified atom stereocenters. The summed E-state index contributed by atoms with van der Waals surface area (Å²) in [5.74, 6) is -2.08. The molecule has 7 nitrogen and oxygen atoms in total. The summed E-state index contributed by atoms with van der Waals surface area (Å²) in [5.41, 5.74) is 5.67. The minimum absolute atomic E-state index is 0. The fraction of sp³-hybridized carbons (Fsp3) is 0.727. The van der Waals surface area contributed by atoms with Crippen molar-refractivity contribution >= 4 is 26.4 Å². The molecule has 0 aliphatic heterocycles. The summed E-state index contributed by atoms with van der Waals surface area (Å²) in [7, 11) is 0.724. The van der Waals surface area contributed by atoms with Crippen LogP contribution in [-0.2, 0) is 14.4 Å². The summed E-state index contributed by atoms with van der Waals surface area (Å²) in [4.78, 5) is 33.8. The first-order chi connectivity index (χ1) is 8.79. The van der Waals surface area contributed by atoms with E-state index in [0.29, 0.717) is 6.42 Å². The fourth-order valence-corrected chi connectivity index (χ4v) is 1.82. The predicted octanol–water partition coefficient (Wildman–Crippen LogP) is -3.78. The van der Waals surface area contributed by atoms with Crippen LogP contribution in [0.5, 0.6) is 0 Å². The zero-order valence-electron chi connectivity index (χ0n) is 13.4. The Balaban J connectivity index is -0.00000162. The first-order valence-electron chi connectivity index (χ1n) is 6.03. The van der Waals surface area contributed by atoms with E-state index in [2.05, 4.69) is 10.6 Å².